The highest BCUT2D eigenvalue weighted by atomic mass is 32.2. The molecule has 0 bridgehead atoms. The van der Waals surface area contributed by atoms with E-state index in [-0.39, 0.29) is 10.7 Å². The highest BCUT2D eigenvalue weighted by Gasteiger charge is 2.46. The van der Waals surface area contributed by atoms with Gasteiger partial charge in [-0.2, -0.15) is 23.3 Å². The van der Waals surface area contributed by atoms with Crippen molar-refractivity contribution in [2.45, 2.75) is 31.0 Å². The summed E-state index contributed by atoms with van der Waals surface area (Å²) in [5, 5.41) is 21.1. The molecule has 182 valence electrons. The summed E-state index contributed by atoms with van der Waals surface area (Å²) in [7, 11) is -4.86. The topological polar surface area (TPSA) is 175 Å². The van der Waals surface area contributed by atoms with Gasteiger partial charge in [0.05, 0.1) is 18.8 Å². The molecule has 2 aromatic carbocycles. The summed E-state index contributed by atoms with van der Waals surface area (Å²) >= 11 is 0. The fourth-order valence-electron chi connectivity index (χ4n) is 3.78. The van der Waals surface area contributed by atoms with E-state index in [2.05, 4.69) is 14.5 Å². The molecule has 0 saturated carbocycles. The molecule has 0 spiro atoms. The molecule has 3 aromatic rings. The van der Waals surface area contributed by atoms with Crippen LogP contribution in [0.2, 0.25) is 0 Å². The van der Waals surface area contributed by atoms with E-state index >= 15 is 0 Å². The lowest BCUT2D eigenvalue weighted by Crippen LogP contribution is -2.61. The van der Waals surface area contributed by atoms with Crippen LogP contribution in [0.4, 0.5) is 4.79 Å². The molecule has 0 saturated heterocycles. The molecule has 1 aromatic heterocycles. The van der Waals surface area contributed by atoms with Gasteiger partial charge in [-0.25, -0.2) is 4.79 Å². The first-order chi connectivity index (χ1) is 16.2. The van der Waals surface area contributed by atoms with E-state index in [0.717, 1.165) is 10.9 Å². The second-order valence-electron chi connectivity index (χ2n) is 7.93. The third kappa shape index (κ3) is 5.11. The van der Waals surface area contributed by atoms with Crippen LogP contribution < -0.4 is 10.6 Å². The number of nitrogens with two attached hydrogens (primary N) is 1. The predicted molar refractivity (Wildman–Crippen MR) is 123 cm³/mol. The van der Waals surface area contributed by atoms with E-state index in [1.54, 1.807) is 60.8 Å². The number of aliphatic hydroxyl groups excluding tert-OH is 2. The van der Waals surface area contributed by atoms with Gasteiger partial charge in [0.2, 0.25) is 0 Å². The van der Waals surface area contributed by atoms with E-state index in [9.17, 15) is 28.2 Å². The number of aliphatic hydroxyl groups is 2. The molecule has 6 N–H and O–H groups in total. The average Bonchev–Trinajstić information content (AvgIpc) is 3.24. The minimum absolute atomic E-state index is 0.176. The molecule has 1 amide bonds. The van der Waals surface area contributed by atoms with Crippen molar-refractivity contribution < 1.29 is 33.1 Å². The number of carbonyl (C=O) groups excluding carboxylic acids is 2. The van der Waals surface area contributed by atoms with Crippen molar-refractivity contribution in [1.29, 1.82) is 0 Å². The van der Waals surface area contributed by atoms with Gasteiger partial charge in [0, 0.05) is 23.5 Å². The normalized spacial score (nSPS) is 15.3. The molecule has 11 nitrogen and oxygen atoms in total. The Bertz CT molecular complexity index is 1250. The Kier molecular flexibility index (Phi) is 7.69. The summed E-state index contributed by atoms with van der Waals surface area (Å²) in [4.78, 5) is 32.0. The molecule has 1 heterocycles. The van der Waals surface area contributed by atoms with E-state index in [1.807, 2.05) is 0 Å². The van der Waals surface area contributed by atoms with Crippen LogP contribution in [0.1, 0.15) is 24.2 Å². The van der Waals surface area contributed by atoms with Crippen molar-refractivity contribution >= 4 is 33.5 Å². The van der Waals surface area contributed by atoms with Crippen LogP contribution in [0, 0.1) is 0 Å². The number of aldehydes is 1. The highest BCUT2D eigenvalue weighted by Crippen LogP contribution is 2.28. The number of nitrogens with zero attached hydrogens (tertiary/aromatic N) is 1. The monoisotopic (exact) mass is 490 g/mol. The minimum atomic E-state index is -4.86. The van der Waals surface area contributed by atoms with E-state index in [0.29, 0.717) is 17.4 Å². The largest absolute Gasteiger partial charge is 0.444 e. The van der Waals surface area contributed by atoms with Crippen molar-refractivity contribution in [3.05, 3.63) is 71.9 Å². The molecular formula is C22H26N4O7S. The predicted octanol–water partition coefficient (Wildman–Crippen LogP) is 0.909. The van der Waals surface area contributed by atoms with Crippen molar-refractivity contribution in [3.63, 3.8) is 0 Å². The molecule has 3 unspecified atom stereocenters. The number of rotatable bonds is 10. The first-order valence-electron chi connectivity index (χ1n) is 10.3. The maximum atomic E-state index is 13.3. The van der Waals surface area contributed by atoms with Crippen LogP contribution in [-0.2, 0) is 26.3 Å². The fraction of sp³-hybridized carbons (Fsp3) is 0.273. The standard InChI is InChI=1S/C22H26N4O7S/c1-22(14-28,11-16-12-24-18-10-6-5-9-17(16)18)26(21(30)33-23)34(31,32)25-19(13-27)20(29)15-7-3-2-4-8-15/h2-10,12,14,19-20,24-25,27,29H,11,13,23H2,1H3. The van der Waals surface area contributed by atoms with Gasteiger partial charge >= 0.3 is 16.3 Å². The van der Waals surface area contributed by atoms with Crippen LogP contribution in [0.3, 0.4) is 0 Å². The summed E-state index contributed by atoms with van der Waals surface area (Å²) in [5.74, 6) is 4.99. The number of hydrogen-bond acceptors (Lipinski definition) is 8. The molecule has 34 heavy (non-hydrogen) atoms. The Labute approximate surface area is 196 Å². The third-order valence-corrected chi connectivity index (χ3v) is 7.11. The quantitative estimate of drug-likeness (QED) is 0.206. The van der Waals surface area contributed by atoms with Crippen LogP contribution in [0.5, 0.6) is 0 Å². The zero-order valence-electron chi connectivity index (χ0n) is 18.3. The first kappa shape index (κ1) is 25.3. The summed E-state index contributed by atoms with van der Waals surface area (Å²) in [6.45, 7) is 0.431. The molecule has 3 atom stereocenters. The van der Waals surface area contributed by atoms with Gasteiger partial charge in [0.15, 0.2) is 0 Å². The van der Waals surface area contributed by atoms with Gasteiger partial charge in [-0.05, 0) is 24.1 Å². The number of para-hydroxylation sites is 1. The molecule has 0 radical (unpaired) electrons. The Morgan fingerprint density at radius 3 is 2.50 bits per heavy atom. The lowest BCUT2D eigenvalue weighted by Gasteiger charge is -2.36. The van der Waals surface area contributed by atoms with E-state index < -0.39 is 40.6 Å². The number of carbonyl (C=O) groups is 2. The molecule has 0 fully saturated rings. The van der Waals surface area contributed by atoms with Gasteiger partial charge in [-0.1, -0.05) is 48.5 Å². The number of fused-ring (bicyclic) bond motifs is 1. The number of aromatic nitrogens is 1. The Morgan fingerprint density at radius 1 is 1.24 bits per heavy atom. The lowest BCUT2D eigenvalue weighted by atomic mass is 9.94. The van der Waals surface area contributed by atoms with Gasteiger partial charge < -0.3 is 24.8 Å². The van der Waals surface area contributed by atoms with Crippen LogP contribution in [0.25, 0.3) is 10.9 Å². The Balaban J connectivity index is 1.97. The number of nitrogens with one attached hydrogen (secondary N) is 2. The maximum Gasteiger partial charge on any atom is 0.444 e. The third-order valence-electron chi connectivity index (χ3n) is 5.47. The summed E-state index contributed by atoms with van der Waals surface area (Å²) in [6.07, 6.45) is -1.28. The first-order valence-corrected chi connectivity index (χ1v) is 11.7. The zero-order chi connectivity index (χ0) is 24.9. The van der Waals surface area contributed by atoms with E-state index in [1.165, 1.54) is 6.92 Å². The molecule has 0 aliphatic rings. The van der Waals surface area contributed by atoms with Crippen molar-refractivity contribution in [2.75, 3.05) is 6.61 Å². The number of hydrogen-bond donors (Lipinski definition) is 5. The van der Waals surface area contributed by atoms with Gasteiger partial charge in [0.25, 0.3) is 0 Å². The average molecular weight is 491 g/mol. The van der Waals surface area contributed by atoms with Crippen molar-refractivity contribution in [1.82, 2.24) is 14.0 Å². The SMILES string of the molecule is CC(C=O)(Cc1c[nH]c2ccccc12)N(C(=O)ON)S(=O)(=O)NC(CO)C(O)c1ccccc1. The van der Waals surface area contributed by atoms with Gasteiger partial charge in [-0.15, -0.1) is 0 Å². The Hall–Kier alpha value is -3.29. The summed E-state index contributed by atoms with van der Waals surface area (Å²) < 4.78 is 28.9. The fourth-order valence-corrected chi connectivity index (χ4v) is 5.37. The second-order valence-corrected chi connectivity index (χ2v) is 9.48. The molecule has 3 rings (SSSR count). The molecular weight excluding hydrogens is 464 g/mol. The van der Waals surface area contributed by atoms with Crippen molar-refractivity contribution in [2.24, 2.45) is 5.90 Å². The minimum Gasteiger partial charge on any atom is -0.395 e. The number of amides is 1. The molecule has 12 heteroatoms. The summed E-state index contributed by atoms with van der Waals surface area (Å²) in [6, 6.07) is 13.8. The smallest absolute Gasteiger partial charge is 0.395 e. The van der Waals surface area contributed by atoms with Crippen LogP contribution in [0.15, 0.2) is 60.8 Å². The second kappa shape index (κ2) is 10.3. The number of aromatic amines is 1. The molecule has 0 aliphatic heterocycles. The van der Waals surface area contributed by atoms with Crippen molar-refractivity contribution in [3.8, 4) is 0 Å². The number of H-pyrrole nitrogens is 1. The Morgan fingerprint density at radius 2 is 1.88 bits per heavy atom. The van der Waals surface area contributed by atoms with E-state index in [4.69, 9.17) is 5.90 Å². The van der Waals surface area contributed by atoms with Crippen LogP contribution in [-0.4, -0.2) is 58.5 Å². The van der Waals surface area contributed by atoms with Gasteiger partial charge in [-0.3, -0.25) is 0 Å². The zero-order valence-corrected chi connectivity index (χ0v) is 19.1. The van der Waals surface area contributed by atoms with Gasteiger partial charge in [0.1, 0.15) is 11.8 Å². The molecule has 0 aliphatic carbocycles. The maximum absolute atomic E-state index is 13.3. The highest BCUT2D eigenvalue weighted by molar-refractivity contribution is 7.87. The van der Waals surface area contributed by atoms with Crippen LogP contribution >= 0.6 is 0 Å². The number of benzene rings is 2. The summed E-state index contributed by atoms with van der Waals surface area (Å²) in [5.41, 5.74) is -0.316. The lowest BCUT2D eigenvalue weighted by molar-refractivity contribution is -0.115.